The largest absolute Gasteiger partial charge is 0.423 e. The van der Waals surface area contributed by atoms with E-state index in [1.807, 2.05) is 4.90 Å². The number of nitrogens with zero attached hydrogens (tertiary/aromatic N) is 1. The Morgan fingerprint density at radius 2 is 2.17 bits per heavy atom. The number of urea groups is 1. The summed E-state index contributed by atoms with van der Waals surface area (Å²) in [7, 11) is 0. The van der Waals surface area contributed by atoms with Crippen molar-refractivity contribution < 1.29 is 9.21 Å². The SMILES string of the molecule is C[C@H]1c2ccsc2CCN1C(=O)Nc1ccc2oc(=O)ccc2c1. The van der Waals surface area contributed by atoms with Crippen LogP contribution in [-0.2, 0) is 6.42 Å². The monoisotopic (exact) mass is 340 g/mol. The summed E-state index contributed by atoms with van der Waals surface area (Å²) in [6.45, 7) is 2.77. The Bertz CT molecular complexity index is 976. The van der Waals surface area contributed by atoms with Crippen LogP contribution in [0.15, 0.2) is 51.0 Å². The van der Waals surface area contributed by atoms with Crippen molar-refractivity contribution in [1.82, 2.24) is 4.90 Å². The average Bonchev–Trinajstić information content (AvgIpc) is 3.05. The lowest BCUT2D eigenvalue weighted by Gasteiger charge is -2.33. The maximum atomic E-state index is 12.6. The summed E-state index contributed by atoms with van der Waals surface area (Å²) in [5, 5.41) is 5.80. The summed E-state index contributed by atoms with van der Waals surface area (Å²) < 4.78 is 5.11. The Kier molecular flexibility index (Phi) is 3.61. The lowest BCUT2D eigenvalue weighted by Crippen LogP contribution is -2.40. The van der Waals surface area contributed by atoms with E-state index in [2.05, 4.69) is 23.7 Å². The summed E-state index contributed by atoms with van der Waals surface area (Å²) in [6.07, 6.45) is 0.896. The lowest BCUT2D eigenvalue weighted by molar-refractivity contribution is 0.189. The van der Waals surface area contributed by atoms with Crippen molar-refractivity contribution in [2.75, 3.05) is 11.9 Å². The zero-order valence-electron chi connectivity index (χ0n) is 13.1. The Balaban J connectivity index is 1.56. The van der Waals surface area contributed by atoms with Gasteiger partial charge in [-0.15, -0.1) is 11.3 Å². The van der Waals surface area contributed by atoms with Crippen molar-refractivity contribution in [2.45, 2.75) is 19.4 Å². The Morgan fingerprint density at radius 1 is 1.29 bits per heavy atom. The molecule has 3 aromatic rings. The highest BCUT2D eigenvalue weighted by Gasteiger charge is 2.28. The van der Waals surface area contributed by atoms with E-state index in [4.69, 9.17) is 4.42 Å². The molecule has 24 heavy (non-hydrogen) atoms. The number of anilines is 1. The van der Waals surface area contributed by atoms with Gasteiger partial charge in [-0.05, 0) is 54.6 Å². The van der Waals surface area contributed by atoms with Crippen molar-refractivity contribution in [1.29, 1.82) is 0 Å². The van der Waals surface area contributed by atoms with Crippen molar-refractivity contribution in [3.8, 4) is 0 Å². The molecule has 2 amide bonds. The van der Waals surface area contributed by atoms with Crippen LogP contribution in [0, 0.1) is 0 Å². The zero-order valence-corrected chi connectivity index (χ0v) is 13.9. The van der Waals surface area contributed by atoms with Crippen LogP contribution >= 0.6 is 11.3 Å². The van der Waals surface area contributed by atoms with Gasteiger partial charge >= 0.3 is 11.7 Å². The van der Waals surface area contributed by atoms with Gasteiger partial charge in [0, 0.05) is 28.6 Å². The molecule has 0 saturated carbocycles. The Labute approximate surface area is 142 Å². The van der Waals surface area contributed by atoms with Crippen LogP contribution in [0.25, 0.3) is 11.0 Å². The molecule has 1 atom stereocenters. The third-order valence-electron chi connectivity index (χ3n) is 4.41. The average molecular weight is 340 g/mol. The van der Waals surface area contributed by atoms with Crippen molar-refractivity contribution in [3.05, 3.63) is 62.6 Å². The smallest absolute Gasteiger partial charge is 0.336 e. The molecule has 122 valence electrons. The molecule has 0 spiro atoms. The predicted molar refractivity (Wildman–Crippen MR) is 94.6 cm³/mol. The molecule has 2 aromatic heterocycles. The molecule has 1 N–H and O–H groups in total. The highest BCUT2D eigenvalue weighted by molar-refractivity contribution is 7.10. The summed E-state index contributed by atoms with van der Waals surface area (Å²) in [4.78, 5) is 27.1. The molecule has 0 aliphatic carbocycles. The number of thiophene rings is 1. The molecule has 0 radical (unpaired) electrons. The first-order valence-corrected chi connectivity index (χ1v) is 8.67. The molecule has 4 rings (SSSR count). The number of amides is 2. The molecule has 0 saturated heterocycles. The quantitative estimate of drug-likeness (QED) is 0.681. The normalized spacial score (nSPS) is 16.9. The van der Waals surface area contributed by atoms with E-state index in [9.17, 15) is 9.59 Å². The fourth-order valence-electron chi connectivity index (χ4n) is 3.13. The summed E-state index contributed by atoms with van der Waals surface area (Å²) >= 11 is 1.76. The zero-order chi connectivity index (χ0) is 16.7. The maximum Gasteiger partial charge on any atom is 0.336 e. The highest BCUT2D eigenvalue weighted by atomic mass is 32.1. The standard InChI is InChI=1S/C18H16N2O3S/c1-11-14-7-9-24-16(14)6-8-20(11)18(22)19-13-3-4-15-12(10-13)2-5-17(21)23-15/h2-5,7,9-11H,6,8H2,1H3,(H,19,22)/t11-/m0/s1. The van der Waals surface area contributed by atoms with Gasteiger partial charge in [-0.1, -0.05) is 0 Å². The van der Waals surface area contributed by atoms with E-state index in [-0.39, 0.29) is 17.7 Å². The molecule has 1 aromatic carbocycles. The summed E-state index contributed by atoms with van der Waals surface area (Å²) in [5.41, 5.74) is 2.05. The fraction of sp³-hybridized carbons (Fsp3) is 0.222. The van der Waals surface area contributed by atoms with Crippen LogP contribution in [0.5, 0.6) is 0 Å². The summed E-state index contributed by atoms with van der Waals surface area (Å²) in [5.74, 6) is 0. The molecular formula is C18H16N2O3S. The van der Waals surface area contributed by atoms with Crippen molar-refractivity contribution >= 4 is 34.0 Å². The molecule has 1 aliphatic heterocycles. The molecule has 6 heteroatoms. The first-order valence-electron chi connectivity index (χ1n) is 7.79. The predicted octanol–water partition coefficient (Wildman–Crippen LogP) is 4.01. The molecule has 5 nitrogen and oxygen atoms in total. The number of hydrogen-bond acceptors (Lipinski definition) is 4. The minimum Gasteiger partial charge on any atom is -0.423 e. The van der Waals surface area contributed by atoms with Crippen LogP contribution < -0.4 is 10.9 Å². The number of hydrogen-bond donors (Lipinski definition) is 1. The minimum atomic E-state index is -0.381. The van der Waals surface area contributed by atoms with Gasteiger partial charge in [0.05, 0.1) is 6.04 Å². The second-order valence-corrected chi connectivity index (χ2v) is 6.86. The van der Waals surface area contributed by atoms with E-state index in [0.29, 0.717) is 17.8 Å². The lowest BCUT2D eigenvalue weighted by atomic mass is 10.0. The topological polar surface area (TPSA) is 62.6 Å². The molecule has 0 bridgehead atoms. The van der Waals surface area contributed by atoms with Crippen LogP contribution in [0.1, 0.15) is 23.4 Å². The van der Waals surface area contributed by atoms with Gasteiger partial charge < -0.3 is 14.6 Å². The number of benzene rings is 1. The Morgan fingerprint density at radius 3 is 3.04 bits per heavy atom. The highest BCUT2D eigenvalue weighted by Crippen LogP contribution is 2.33. The van der Waals surface area contributed by atoms with Gasteiger partial charge in [-0.25, -0.2) is 9.59 Å². The second-order valence-electron chi connectivity index (χ2n) is 5.86. The Hall–Kier alpha value is -2.60. The van der Waals surface area contributed by atoms with Gasteiger partial charge in [-0.3, -0.25) is 0 Å². The third-order valence-corrected chi connectivity index (χ3v) is 5.41. The maximum absolute atomic E-state index is 12.6. The van der Waals surface area contributed by atoms with Gasteiger partial charge in [0.25, 0.3) is 0 Å². The first kappa shape index (κ1) is 15.0. The van der Waals surface area contributed by atoms with Gasteiger partial charge in [0.2, 0.25) is 0 Å². The molecule has 1 aliphatic rings. The number of carbonyl (C=O) groups is 1. The van der Waals surface area contributed by atoms with Crippen LogP contribution in [0.2, 0.25) is 0 Å². The molecule has 0 unspecified atom stereocenters. The van der Waals surface area contributed by atoms with Gasteiger partial charge in [0.1, 0.15) is 5.58 Å². The second kappa shape index (κ2) is 5.79. The number of fused-ring (bicyclic) bond motifs is 2. The van der Waals surface area contributed by atoms with E-state index in [1.54, 1.807) is 35.6 Å². The van der Waals surface area contributed by atoms with Crippen molar-refractivity contribution in [2.24, 2.45) is 0 Å². The van der Waals surface area contributed by atoms with E-state index in [1.165, 1.54) is 16.5 Å². The van der Waals surface area contributed by atoms with Gasteiger partial charge in [0.15, 0.2) is 0 Å². The molecule has 3 heterocycles. The van der Waals surface area contributed by atoms with E-state index in [0.717, 1.165) is 11.8 Å². The first-order chi connectivity index (χ1) is 11.6. The summed E-state index contributed by atoms with van der Waals surface area (Å²) in [6, 6.07) is 10.4. The van der Waals surface area contributed by atoms with Crippen LogP contribution in [0.4, 0.5) is 10.5 Å². The fourth-order valence-corrected chi connectivity index (χ4v) is 4.09. The number of carbonyl (C=O) groups excluding carboxylic acids is 1. The minimum absolute atomic E-state index is 0.0680. The van der Waals surface area contributed by atoms with Crippen LogP contribution in [0.3, 0.4) is 0 Å². The third kappa shape index (κ3) is 2.59. The molecular weight excluding hydrogens is 324 g/mol. The number of nitrogens with one attached hydrogen (secondary N) is 1. The van der Waals surface area contributed by atoms with Crippen molar-refractivity contribution in [3.63, 3.8) is 0 Å². The van der Waals surface area contributed by atoms with E-state index >= 15 is 0 Å². The van der Waals surface area contributed by atoms with Gasteiger partial charge in [-0.2, -0.15) is 0 Å². The molecule has 0 fully saturated rings. The van der Waals surface area contributed by atoms with Crippen LogP contribution in [-0.4, -0.2) is 17.5 Å². The van der Waals surface area contributed by atoms with E-state index < -0.39 is 0 Å². The number of rotatable bonds is 1.